The lowest BCUT2D eigenvalue weighted by Gasteiger charge is -2.30. The molecule has 1 N–H and O–H groups in total. The summed E-state index contributed by atoms with van der Waals surface area (Å²) in [6.07, 6.45) is 1.80. The molecule has 3 rings (SSSR count). The molecule has 30 heavy (non-hydrogen) atoms. The molecule has 166 valence electrons. The molecule has 2 fully saturated rings. The SMILES string of the molecule is Cc1cccc(C(=O)N2C(CC(C)C)SCC2C(=O)NCCCN2CCOCC2)c1. The highest BCUT2D eigenvalue weighted by atomic mass is 32.2. The van der Waals surface area contributed by atoms with E-state index in [-0.39, 0.29) is 17.2 Å². The third kappa shape index (κ3) is 6.22. The number of nitrogens with one attached hydrogen (secondary N) is 1. The van der Waals surface area contributed by atoms with Gasteiger partial charge in [-0.05, 0) is 44.4 Å². The zero-order chi connectivity index (χ0) is 21.5. The Kier molecular flexibility index (Phi) is 8.60. The fourth-order valence-corrected chi connectivity index (χ4v) is 5.65. The molecule has 1 aromatic rings. The molecule has 2 aliphatic rings. The number of thioether (sulfide) groups is 1. The number of nitrogens with zero attached hydrogens (tertiary/aromatic N) is 2. The van der Waals surface area contributed by atoms with Gasteiger partial charge in [0.15, 0.2) is 0 Å². The van der Waals surface area contributed by atoms with Crippen molar-refractivity contribution in [1.82, 2.24) is 15.1 Å². The van der Waals surface area contributed by atoms with Gasteiger partial charge in [-0.2, -0.15) is 0 Å². The molecule has 7 heteroatoms. The van der Waals surface area contributed by atoms with Crippen molar-refractivity contribution in [3.63, 3.8) is 0 Å². The van der Waals surface area contributed by atoms with Crippen LogP contribution in [0.15, 0.2) is 24.3 Å². The molecule has 6 nitrogen and oxygen atoms in total. The summed E-state index contributed by atoms with van der Waals surface area (Å²) in [5.41, 5.74) is 1.72. The van der Waals surface area contributed by atoms with Gasteiger partial charge in [-0.25, -0.2) is 0 Å². The summed E-state index contributed by atoms with van der Waals surface area (Å²) in [4.78, 5) is 30.5. The van der Waals surface area contributed by atoms with E-state index in [1.807, 2.05) is 36.1 Å². The van der Waals surface area contributed by atoms with Gasteiger partial charge >= 0.3 is 0 Å². The standard InChI is InChI=1S/C23H35N3O3S/c1-17(2)14-21-26(23(28)19-7-4-6-18(3)15-19)20(16-30-21)22(27)24-8-5-9-25-10-12-29-13-11-25/h4,6-7,15,17,20-21H,5,8-14,16H2,1-3H3,(H,24,27). The average molecular weight is 434 g/mol. The van der Waals surface area contributed by atoms with Crippen LogP contribution in [0, 0.1) is 12.8 Å². The fourth-order valence-electron chi connectivity index (χ4n) is 4.01. The van der Waals surface area contributed by atoms with E-state index in [1.165, 1.54) is 0 Å². The second kappa shape index (κ2) is 11.2. The minimum Gasteiger partial charge on any atom is -0.379 e. The molecule has 2 saturated heterocycles. The normalized spacial score (nSPS) is 22.5. The summed E-state index contributed by atoms with van der Waals surface area (Å²) in [7, 11) is 0. The van der Waals surface area contributed by atoms with Crippen LogP contribution < -0.4 is 5.32 Å². The molecule has 0 radical (unpaired) electrons. The van der Waals surface area contributed by atoms with Crippen LogP contribution in [-0.4, -0.2) is 78.2 Å². The first-order chi connectivity index (χ1) is 14.5. The Hall–Kier alpha value is -1.57. The lowest BCUT2D eigenvalue weighted by Crippen LogP contribution is -2.50. The van der Waals surface area contributed by atoms with Crippen LogP contribution in [0.1, 0.15) is 42.6 Å². The van der Waals surface area contributed by atoms with Crippen LogP contribution in [0.3, 0.4) is 0 Å². The fraction of sp³-hybridized carbons (Fsp3) is 0.652. The first-order valence-electron chi connectivity index (χ1n) is 11.0. The molecule has 2 aliphatic heterocycles. The van der Waals surface area contributed by atoms with Gasteiger partial charge in [-0.3, -0.25) is 14.5 Å². The van der Waals surface area contributed by atoms with Crippen LogP contribution >= 0.6 is 11.8 Å². The Morgan fingerprint density at radius 2 is 2.03 bits per heavy atom. The van der Waals surface area contributed by atoms with Gasteiger partial charge in [0.2, 0.25) is 5.91 Å². The maximum absolute atomic E-state index is 13.4. The Labute approximate surface area is 184 Å². The van der Waals surface area contributed by atoms with Gasteiger partial charge in [0.1, 0.15) is 6.04 Å². The lowest BCUT2D eigenvalue weighted by molar-refractivity contribution is -0.124. The maximum Gasteiger partial charge on any atom is 0.255 e. The van der Waals surface area contributed by atoms with Crippen LogP contribution in [0.4, 0.5) is 0 Å². The predicted octanol–water partition coefficient (Wildman–Crippen LogP) is 2.76. The van der Waals surface area contributed by atoms with Crippen molar-refractivity contribution in [3.05, 3.63) is 35.4 Å². The summed E-state index contributed by atoms with van der Waals surface area (Å²) in [5, 5.41) is 3.13. The second-order valence-corrected chi connectivity index (χ2v) is 9.82. The molecule has 2 amide bonds. The first kappa shape index (κ1) is 23.1. The minimum atomic E-state index is -0.407. The highest BCUT2D eigenvalue weighted by Gasteiger charge is 2.41. The molecule has 0 saturated carbocycles. The zero-order valence-corrected chi connectivity index (χ0v) is 19.2. The van der Waals surface area contributed by atoms with E-state index >= 15 is 0 Å². The lowest BCUT2D eigenvalue weighted by atomic mass is 10.1. The number of aryl methyl sites for hydroxylation is 1. The number of carbonyl (C=O) groups excluding carboxylic acids is 2. The smallest absolute Gasteiger partial charge is 0.255 e. The molecule has 0 aromatic heterocycles. The highest BCUT2D eigenvalue weighted by Crippen LogP contribution is 2.34. The van der Waals surface area contributed by atoms with Crippen LogP contribution in [0.5, 0.6) is 0 Å². The van der Waals surface area contributed by atoms with Crippen molar-refractivity contribution in [2.75, 3.05) is 45.1 Å². The van der Waals surface area contributed by atoms with Gasteiger partial charge in [0, 0.05) is 31.0 Å². The number of morpholine rings is 1. The van der Waals surface area contributed by atoms with Gasteiger partial charge in [-0.15, -0.1) is 11.8 Å². The molecule has 0 aliphatic carbocycles. The molecule has 0 bridgehead atoms. The van der Waals surface area contributed by atoms with Crippen molar-refractivity contribution in [2.45, 2.75) is 45.0 Å². The van der Waals surface area contributed by atoms with Crippen LogP contribution in [0.25, 0.3) is 0 Å². The van der Waals surface area contributed by atoms with Crippen LogP contribution in [-0.2, 0) is 9.53 Å². The van der Waals surface area contributed by atoms with Crippen molar-refractivity contribution in [3.8, 4) is 0 Å². The van der Waals surface area contributed by atoms with Crippen LogP contribution in [0.2, 0.25) is 0 Å². The molecule has 0 spiro atoms. The summed E-state index contributed by atoms with van der Waals surface area (Å²) in [6, 6.07) is 7.25. The van der Waals surface area contributed by atoms with E-state index in [1.54, 1.807) is 11.8 Å². The monoisotopic (exact) mass is 433 g/mol. The molecular formula is C23H35N3O3S. The third-order valence-corrected chi connectivity index (χ3v) is 6.93. The molecule has 2 unspecified atom stereocenters. The number of hydrogen-bond acceptors (Lipinski definition) is 5. The number of ether oxygens (including phenoxy) is 1. The summed E-state index contributed by atoms with van der Waals surface area (Å²) >= 11 is 1.73. The van der Waals surface area contributed by atoms with Crippen molar-refractivity contribution in [1.29, 1.82) is 0 Å². The molecule has 2 atom stereocenters. The van der Waals surface area contributed by atoms with Crippen molar-refractivity contribution < 1.29 is 14.3 Å². The van der Waals surface area contributed by atoms with Crippen molar-refractivity contribution in [2.24, 2.45) is 5.92 Å². The van der Waals surface area contributed by atoms with E-state index < -0.39 is 6.04 Å². The molecule has 2 heterocycles. The van der Waals surface area contributed by atoms with E-state index in [9.17, 15) is 9.59 Å². The Bertz CT molecular complexity index is 721. The predicted molar refractivity (Wildman–Crippen MR) is 122 cm³/mol. The van der Waals surface area contributed by atoms with Gasteiger partial charge in [-0.1, -0.05) is 31.5 Å². The van der Waals surface area contributed by atoms with E-state index in [0.29, 0.717) is 23.8 Å². The number of amides is 2. The Balaban J connectivity index is 1.60. The van der Waals surface area contributed by atoms with Crippen molar-refractivity contribution >= 4 is 23.6 Å². The number of hydrogen-bond donors (Lipinski definition) is 1. The number of benzene rings is 1. The average Bonchev–Trinajstić information content (AvgIpc) is 3.14. The number of carbonyl (C=O) groups is 2. The van der Waals surface area contributed by atoms with Gasteiger partial charge in [0.25, 0.3) is 5.91 Å². The highest BCUT2D eigenvalue weighted by molar-refractivity contribution is 8.00. The van der Waals surface area contributed by atoms with Gasteiger partial charge < -0.3 is 15.0 Å². The van der Waals surface area contributed by atoms with E-state index in [2.05, 4.69) is 24.1 Å². The zero-order valence-electron chi connectivity index (χ0n) is 18.4. The minimum absolute atomic E-state index is 0.0308. The number of rotatable bonds is 8. The van der Waals surface area contributed by atoms with E-state index in [0.717, 1.165) is 51.3 Å². The Morgan fingerprint density at radius 1 is 1.27 bits per heavy atom. The van der Waals surface area contributed by atoms with E-state index in [4.69, 9.17) is 4.74 Å². The van der Waals surface area contributed by atoms with Gasteiger partial charge in [0.05, 0.1) is 18.6 Å². The molecular weight excluding hydrogens is 398 g/mol. The first-order valence-corrected chi connectivity index (χ1v) is 12.1. The Morgan fingerprint density at radius 3 is 2.73 bits per heavy atom. The topological polar surface area (TPSA) is 61.9 Å². The second-order valence-electron chi connectivity index (χ2n) is 8.61. The maximum atomic E-state index is 13.4. The summed E-state index contributed by atoms with van der Waals surface area (Å²) in [6.45, 7) is 11.4. The summed E-state index contributed by atoms with van der Waals surface area (Å²) in [5.74, 6) is 1.05. The quantitative estimate of drug-likeness (QED) is 0.639. The third-order valence-electron chi connectivity index (χ3n) is 5.62. The molecule has 1 aromatic carbocycles. The summed E-state index contributed by atoms with van der Waals surface area (Å²) < 4.78 is 5.38. The largest absolute Gasteiger partial charge is 0.379 e.